The molecule has 0 bridgehead atoms. The number of likely N-dealkylation sites (tertiary alicyclic amines) is 1. The number of rotatable bonds is 10. The lowest BCUT2D eigenvalue weighted by molar-refractivity contribution is -0.557. The average Bonchev–Trinajstić information content (AvgIpc) is 3.65. The van der Waals surface area contributed by atoms with E-state index >= 15 is 0 Å². The van der Waals surface area contributed by atoms with E-state index in [1.807, 2.05) is 0 Å². The molecule has 1 saturated carbocycles. The smallest absolute Gasteiger partial charge is 0.270 e. The van der Waals surface area contributed by atoms with E-state index in [1.54, 1.807) is 42.5 Å². The number of benzene rings is 1. The van der Waals surface area contributed by atoms with Gasteiger partial charge in [-0.25, -0.2) is 18.2 Å². The zero-order valence-electron chi connectivity index (χ0n) is 20.8. The summed E-state index contributed by atoms with van der Waals surface area (Å²) in [7, 11) is 1.51. The van der Waals surface area contributed by atoms with E-state index in [1.165, 1.54) is 12.4 Å². The van der Waals surface area contributed by atoms with Crippen LogP contribution in [0.2, 0.25) is 0 Å². The molecule has 2 heterocycles. The van der Waals surface area contributed by atoms with Gasteiger partial charge in [0.15, 0.2) is 0 Å². The summed E-state index contributed by atoms with van der Waals surface area (Å²) in [5.41, 5.74) is 0.194. The molecule has 11 heteroatoms. The number of hydrogen-bond donors (Lipinski definition) is 3. The van der Waals surface area contributed by atoms with Gasteiger partial charge in [0, 0.05) is 12.0 Å². The van der Waals surface area contributed by atoms with Crippen molar-refractivity contribution in [3.63, 3.8) is 0 Å². The predicted molar refractivity (Wildman–Crippen MR) is 132 cm³/mol. The Morgan fingerprint density at radius 1 is 1.21 bits per heavy atom. The molecule has 2 aromatic rings. The Morgan fingerprint density at radius 3 is 2.53 bits per heavy atom. The molecule has 7 nitrogen and oxygen atoms in total. The van der Waals surface area contributed by atoms with Crippen LogP contribution in [0.25, 0.3) is 0 Å². The summed E-state index contributed by atoms with van der Waals surface area (Å²) < 4.78 is 55.8. The molecule has 1 aromatic heterocycles. The van der Waals surface area contributed by atoms with Crippen molar-refractivity contribution >= 4 is 17.5 Å². The van der Waals surface area contributed by atoms with E-state index in [-0.39, 0.29) is 18.0 Å². The topological polar surface area (TPSA) is 103 Å². The van der Waals surface area contributed by atoms with Crippen molar-refractivity contribution in [1.29, 1.82) is 5.41 Å². The molecule has 0 radical (unpaired) electrons. The zero-order chi connectivity index (χ0) is 27.4. The second-order valence-corrected chi connectivity index (χ2v) is 9.55. The van der Waals surface area contributed by atoms with Crippen molar-refractivity contribution in [2.45, 2.75) is 56.3 Å². The maximum Gasteiger partial charge on any atom is 0.270 e. The van der Waals surface area contributed by atoms with Crippen LogP contribution in [-0.4, -0.2) is 59.6 Å². The Hall–Kier alpha value is -3.60. The first kappa shape index (κ1) is 27.4. The minimum absolute atomic E-state index is 0.148. The Morgan fingerprint density at radius 2 is 1.92 bits per heavy atom. The normalized spacial score (nSPS) is 20.5. The molecule has 1 aliphatic heterocycles. The lowest BCUT2D eigenvalue weighted by atomic mass is 10.0. The van der Waals surface area contributed by atoms with Gasteiger partial charge in [0.25, 0.3) is 6.43 Å². The van der Waals surface area contributed by atoms with Gasteiger partial charge in [0.1, 0.15) is 18.4 Å². The third kappa shape index (κ3) is 6.27. The highest BCUT2D eigenvalue weighted by molar-refractivity contribution is 6.09. The maximum atomic E-state index is 14.8. The molecular formula is C27H30F4N5O2+. The van der Waals surface area contributed by atoms with Crippen LogP contribution in [0.3, 0.4) is 0 Å². The molecule has 202 valence electrons. The fourth-order valence-electron chi connectivity index (χ4n) is 4.68. The molecule has 2 fully saturated rings. The van der Waals surface area contributed by atoms with Gasteiger partial charge >= 0.3 is 0 Å². The maximum absolute atomic E-state index is 14.8. The van der Waals surface area contributed by atoms with Gasteiger partial charge in [-0.1, -0.05) is 36.4 Å². The number of nitrogens with two attached hydrogens (primary N) is 1. The second kappa shape index (κ2) is 11.8. The van der Waals surface area contributed by atoms with Crippen LogP contribution in [0.4, 0.5) is 17.6 Å². The van der Waals surface area contributed by atoms with E-state index in [0.717, 1.165) is 23.9 Å². The van der Waals surface area contributed by atoms with Gasteiger partial charge < -0.3 is 20.9 Å². The minimum atomic E-state index is -2.95. The first-order chi connectivity index (χ1) is 18.2. The fraction of sp³-hybridized carbons (Fsp3) is 0.407. The molecule has 1 aromatic carbocycles. The molecule has 38 heavy (non-hydrogen) atoms. The average molecular weight is 533 g/mol. The van der Waals surface area contributed by atoms with Crippen LogP contribution in [-0.2, 0) is 9.59 Å². The largest absolute Gasteiger partial charge is 0.342 e. The fourth-order valence-corrected chi connectivity index (χ4v) is 4.68. The molecular weight excluding hydrogens is 502 g/mol. The van der Waals surface area contributed by atoms with Crippen molar-refractivity contribution in [1.82, 2.24) is 15.2 Å². The van der Waals surface area contributed by atoms with Crippen molar-refractivity contribution < 1.29 is 32.5 Å². The minimum Gasteiger partial charge on any atom is -0.342 e. The molecule has 0 unspecified atom stereocenters. The van der Waals surface area contributed by atoms with Gasteiger partial charge in [-0.3, -0.25) is 9.59 Å². The first-order valence-electron chi connectivity index (χ1n) is 12.5. The Balaban J connectivity index is 1.54. The number of nitrogens with one attached hydrogen (secondary N) is 2. The van der Waals surface area contributed by atoms with Crippen molar-refractivity contribution in [2.24, 2.45) is 0 Å². The van der Waals surface area contributed by atoms with Gasteiger partial charge in [-0.2, -0.15) is 4.39 Å². The number of halogens is 4. The monoisotopic (exact) mass is 532 g/mol. The summed E-state index contributed by atoms with van der Waals surface area (Å²) in [6, 6.07) is 9.98. The van der Waals surface area contributed by atoms with E-state index in [4.69, 9.17) is 5.41 Å². The molecule has 3 atom stereocenters. The third-order valence-electron chi connectivity index (χ3n) is 6.76. The van der Waals surface area contributed by atoms with E-state index in [9.17, 15) is 27.2 Å². The number of carbonyl (C=O) groups excluding carboxylic acids is 2. The Bertz CT molecular complexity index is 1220. The Labute approximate surface area is 217 Å². The summed E-state index contributed by atoms with van der Waals surface area (Å²) in [5, 5.41) is 12.1. The van der Waals surface area contributed by atoms with E-state index in [0.29, 0.717) is 11.1 Å². The van der Waals surface area contributed by atoms with Crippen molar-refractivity contribution in [3.8, 4) is 0 Å². The number of alkyl halides is 3. The zero-order valence-corrected chi connectivity index (χ0v) is 20.8. The highest BCUT2D eigenvalue weighted by atomic mass is 19.3. The standard InChI is InChI=1S/C27H29F4N5O2/c1-33-13-19(25(29)30)20(32)12-23(37)36-14-17(28)11-22(36)27(38)35-24(16-5-3-2-4-6-16)21-10-9-18(15-7-8-15)26(31)34-21/h2-6,9-10,13,15,17,22,24-25,32-33H,7-8,11-12,14H2,1H3,(H,35,38)/p+1/b19-13+,32-20?/t17-,22+,24+/m1/s1. The first-order valence-corrected chi connectivity index (χ1v) is 12.5. The number of amides is 2. The number of pyridine rings is 1. The van der Waals surface area contributed by atoms with Crippen LogP contribution in [0.15, 0.2) is 54.2 Å². The quantitative estimate of drug-likeness (QED) is 0.249. The van der Waals surface area contributed by atoms with Crippen molar-refractivity contribution in [3.05, 3.63) is 77.0 Å². The van der Waals surface area contributed by atoms with Crippen LogP contribution in [0.5, 0.6) is 0 Å². The van der Waals surface area contributed by atoms with E-state index in [2.05, 4.69) is 10.3 Å². The number of aromatic nitrogens is 1. The number of carbonyl (C=O) groups is 2. The molecule has 4 N–H and O–H groups in total. The summed E-state index contributed by atoms with van der Waals surface area (Å²) in [4.78, 5) is 31.4. The van der Waals surface area contributed by atoms with Crippen LogP contribution in [0, 0.1) is 11.4 Å². The molecule has 0 spiro atoms. The number of hydrogen-bond acceptors (Lipinski definition) is 4. The molecule has 1 aliphatic carbocycles. The highest BCUT2D eigenvalue weighted by Gasteiger charge is 2.41. The van der Waals surface area contributed by atoms with E-state index < -0.39 is 66.7 Å². The molecule has 2 aliphatic rings. The van der Waals surface area contributed by atoms with Crippen LogP contribution >= 0.6 is 0 Å². The Kier molecular flexibility index (Phi) is 8.55. The lowest BCUT2D eigenvalue weighted by Crippen LogP contribution is -2.73. The lowest BCUT2D eigenvalue weighted by Gasteiger charge is -2.27. The summed E-state index contributed by atoms with van der Waals surface area (Å²) in [6.45, 7) is -0.392. The van der Waals surface area contributed by atoms with Gasteiger partial charge in [0.2, 0.25) is 17.8 Å². The number of quaternary nitrogens is 1. The van der Waals surface area contributed by atoms with Crippen LogP contribution in [0.1, 0.15) is 54.5 Å². The highest BCUT2D eigenvalue weighted by Crippen LogP contribution is 2.41. The molecule has 1 saturated heterocycles. The summed E-state index contributed by atoms with van der Waals surface area (Å²) in [5.74, 6) is -1.94. The molecule has 2 amide bonds. The summed E-state index contributed by atoms with van der Waals surface area (Å²) >= 11 is 0. The molecule has 4 rings (SSSR count). The SMILES string of the molecule is C[NH2+]/C=C(\C(=N)CC(=O)N1C[C@H](F)C[C@H]1C(=O)N[C@@H](c1ccccc1)c1ccc(C2CC2)c(F)n1)C(F)F. The predicted octanol–water partition coefficient (Wildman–Crippen LogP) is 2.99. The van der Waals surface area contributed by atoms with Gasteiger partial charge in [-0.05, 0) is 30.4 Å². The number of nitrogens with zero attached hydrogens (tertiary/aromatic N) is 2. The van der Waals surface area contributed by atoms with Gasteiger partial charge in [-0.15, -0.1) is 0 Å². The van der Waals surface area contributed by atoms with Crippen molar-refractivity contribution in [2.75, 3.05) is 13.6 Å². The second-order valence-electron chi connectivity index (χ2n) is 9.55. The number of allylic oxidation sites excluding steroid dienone is 1. The third-order valence-corrected chi connectivity index (χ3v) is 6.76. The van der Waals surface area contributed by atoms with Gasteiger partial charge in [0.05, 0.1) is 43.0 Å². The van der Waals surface area contributed by atoms with Crippen LogP contribution < -0.4 is 10.6 Å². The summed E-state index contributed by atoms with van der Waals surface area (Å²) in [6.07, 6.45) is -2.58.